The predicted octanol–water partition coefficient (Wildman–Crippen LogP) is 1.64. The number of carbonyl (C=O) groups excluding carboxylic acids is 2. The highest BCUT2D eigenvalue weighted by Crippen LogP contribution is 2.22. The van der Waals surface area contributed by atoms with E-state index in [-0.39, 0.29) is 12.0 Å². The number of ether oxygens (including phenoxy) is 1. The van der Waals surface area contributed by atoms with Gasteiger partial charge in [0, 0.05) is 25.1 Å². The first kappa shape index (κ1) is 15.9. The van der Waals surface area contributed by atoms with E-state index in [1.807, 2.05) is 0 Å². The van der Waals surface area contributed by atoms with Crippen LogP contribution in [0.1, 0.15) is 28.4 Å². The number of hydrogen-bond donors (Lipinski definition) is 1. The monoisotopic (exact) mass is 327 g/mol. The third kappa shape index (κ3) is 3.32. The minimum absolute atomic E-state index is 0.275. The molecule has 2 amide bonds. The van der Waals surface area contributed by atoms with E-state index < -0.39 is 0 Å². The molecule has 3 heterocycles. The third-order valence-corrected chi connectivity index (χ3v) is 3.73. The van der Waals surface area contributed by atoms with Crippen molar-refractivity contribution < 1.29 is 14.3 Å². The van der Waals surface area contributed by atoms with Crippen molar-refractivity contribution in [2.45, 2.75) is 19.9 Å². The predicted molar refractivity (Wildman–Crippen MR) is 85.4 cm³/mol. The standard InChI is InChI=1S/C16H17N5O3/c1-2-24-16(23)21-6-4-12-11(9-21)7-18-8-13(12)15(22)20-14-3-5-17-10-19-14/h3,5,7-8,10H,2,4,6,9H2,1H3,(H,17,19,20,22). The first-order chi connectivity index (χ1) is 11.7. The molecule has 124 valence electrons. The van der Waals surface area contributed by atoms with Crippen molar-refractivity contribution in [3.05, 3.63) is 47.7 Å². The summed E-state index contributed by atoms with van der Waals surface area (Å²) in [6, 6.07) is 1.61. The second kappa shape index (κ2) is 7.03. The largest absolute Gasteiger partial charge is 0.450 e. The van der Waals surface area contributed by atoms with Crippen molar-refractivity contribution in [1.82, 2.24) is 19.9 Å². The maximum absolute atomic E-state index is 12.5. The van der Waals surface area contributed by atoms with E-state index in [1.54, 1.807) is 30.3 Å². The molecule has 0 aromatic carbocycles. The maximum atomic E-state index is 12.5. The van der Waals surface area contributed by atoms with Crippen LogP contribution in [-0.4, -0.2) is 45.0 Å². The molecule has 0 atom stereocenters. The van der Waals surface area contributed by atoms with Gasteiger partial charge in [-0.25, -0.2) is 14.8 Å². The Bertz CT molecular complexity index is 751. The number of carbonyl (C=O) groups is 2. The van der Waals surface area contributed by atoms with Crippen LogP contribution < -0.4 is 5.32 Å². The van der Waals surface area contributed by atoms with Gasteiger partial charge in [-0.1, -0.05) is 0 Å². The van der Waals surface area contributed by atoms with Crippen molar-refractivity contribution in [3.8, 4) is 0 Å². The van der Waals surface area contributed by atoms with Crippen LogP contribution in [0.4, 0.5) is 10.6 Å². The van der Waals surface area contributed by atoms with E-state index in [2.05, 4.69) is 20.3 Å². The second-order valence-electron chi connectivity index (χ2n) is 5.24. The van der Waals surface area contributed by atoms with Gasteiger partial charge in [-0.2, -0.15) is 0 Å². The molecular formula is C16H17N5O3. The average Bonchev–Trinajstić information content (AvgIpc) is 2.61. The third-order valence-electron chi connectivity index (χ3n) is 3.73. The van der Waals surface area contributed by atoms with Crippen molar-refractivity contribution in [2.24, 2.45) is 0 Å². The molecule has 0 aliphatic carbocycles. The zero-order valence-electron chi connectivity index (χ0n) is 13.2. The smallest absolute Gasteiger partial charge is 0.410 e. The number of nitrogens with zero attached hydrogens (tertiary/aromatic N) is 4. The molecule has 0 saturated heterocycles. The fourth-order valence-corrected chi connectivity index (χ4v) is 2.61. The highest BCUT2D eigenvalue weighted by atomic mass is 16.6. The molecule has 1 N–H and O–H groups in total. The fraction of sp³-hybridized carbons (Fsp3) is 0.312. The van der Waals surface area contributed by atoms with E-state index in [4.69, 9.17) is 4.74 Å². The summed E-state index contributed by atoms with van der Waals surface area (Å²) >= 11 is 0. The van der Waals surface area contributed by atoms with Crippen LogP contribution in [0.25, 0.3) is 0 Å². The Balaban J connectivity index is 1.79. The van der Waals surface area contributed by atoms with Gasteiger partial charge < -0.3 is 15.0 Å². The lowest BCUT2D eigenvalue weighted by atomic mass is 9.97. The van der Waals surface area contributed by atoms with Crippen LogP contribution >= 0.6 is 0 Å². The minimum Gasteiger partial charge on any atom is -0.450 e. The molecule has 8 heteroatoms. The van der Waals surface area contributed by atoms with E-state index in [0.29, 0.717) is 37.5 Å². The maximum Gasteiger partial charge on any atom is 0.410 e. The molecular weight excluding hydrogens is 310 g/mol. The average molecular weight is 327 g/mol. The molecule has 24 heavy (non-hydrogen) atoms. The number of rotatable bonds is 3. The molecule has 0 radical (unpaired) electrons. The number of anilines is 1. The van der Waals surface area contributed by atoms with E-state index in [0.717, 1.165) is 11.1 Å². The molecule has 8 nitrogen and oxygen atoms in total. The number of hydrogen-bond acceptors (Lipinski definition) is 6. The Morgan fingerprint density at radius 1 is 1.33 bits per heavy atom. The van der Waals surface area contributed by atoms with E-state index in [9.17, 15) is 9.59 Å². The van der Waals surface area contributed by atoms with Crippen molar-refractivity contribution in [3.63, 3.8) is 0 Å². The number of fused-ring (bicyclic) bond motifs is 1. The van der Waals surface area contributed by atoms with Gasteiger partial charge in [0.25, 0.3) is 5.91 Å². The quantitative estimate of drug-likeness (QED) is 0.920. The number of amides is 2. The summed E-state index contributed by atoms with van der Waals surface area (Å²) in [5.74, 6) is 0.152. The van der Waals surface area contributed by atoms with Crippen LogP contribution in [0.5, 0.6) is 0 Å². The van der Waals surface area contributed by atoms with E-state index >= 15 is 0 Å². The van der Waals surface area contributed by atoms with Gasteiger partial charge in [0.05, 0.1) is 18.7 Å². The summed E-state index contributed by atoms with van der Waals surface area (Å²) in [6.45, 7) is 2.99. The van der Waals surface area contributed by atoms with Gasteiger partial charge in [-0.05, 0) is 30.5 Å². The second-order valence-corrected chi connectivity index (χ2v) is 5.24. The summed E-state index contributed by atoms with van der Waals surface area (Å²) in [7, 11) is 0. The summed E-state index contributed by atoms with van der Waals surface area (Å²) in [5, 5.41) is 2.73. The molecule has 3 rings (SSSR count). The van der Waals surface area contributed by atoms with Gasteiger partial charge in [0.1, 0.15) is 12.1 Å². The van der Waals surface area contributed by atoms with Gasteiger partial charge >= 0.3 is 6.09 Å². The molecule has 0 bridgehead atoms. The van der Waals surface area contributed by atoms with Crippen LogP contribution in [0.3, 0.4) is 0 Å². The van der Waals surface area contributed by atoms with E-state index in [1.165, 1.54) is 12.5 Å². The molecule has 0 fully saturated rings. The summed E-state index contributed by atoms with van der Waals surface area (Å²) in [4.78, 5) is 37.9. The molecule has 0 saturated carbocycles. The zero-order chi connectivity index (χ0) is 16.9. The first-order valence-corrected chi connectivity index (χ1v) is 7.64. The molecule has 2 aromatic heterocycles. The summed E-state index contributed by atoms with van der Waals surface area (Å²) in [6.07, 6.45) is 6.36. The molecule has 1 aliphatic heterocycles. The van der Waals surface area contributed by atoms with Crippen molar-refractivity contribution in [2.75, 3.05) is 18.5 Å². The molecule has 2 aromatic rings. The number of aromatic nitrogens is 3. The van der Waals surface area contributed by atoms with Gasteiger partial charge in [0.2, 0.25) is 0 Å². The van der Waals surface area contributed by atoms with Crippen LogP contribution in [0, 0.1) is 0 Å². The van der Waals surface area contributed by atoms with Crippen molar-refractivity contribution >= 4 is 17.8 Å². The first-order valence-electron chi connectivity index (χ1n) is 7.64. The SMILES string of the molecule is CCOC(=O)N1CCc2c(cncc2C(=O)Nc2ccncn2)C1. The Kier molecular flexibility index (Phi) is 4.64. The molecule has 0 spiro atoms. The number of nitrogens with one attached hydrogen (secondary N) is 1. The lowest BCUT2D eigenvalue weighted by molar-refractivity contribution is 0.101. The van der Waals surface area contributed by atoms with Gasteiger partial charge in [-0.3, -0.25) is 9.78 Å². The topological polar surface area (TPSA) is 97.3 Å². The van der Waals surface area contributed by atoms with Crippen LogP contribution in [0.2, 0.25) is 0 Å². The zero-order valence-corrected chi connectivity index (χ0v) is 13.2. The van der Waals surface area contributed by atoms with Gasteiger partial charge in [0.15, 0.2) is 0 Å². The Morgan fingerprint density at radius 3 is 2.96 bits per heavy atom. The lowest BCUT2D eigenvalue weighted by Crippen LogP contribution is -2.37. The Labute approximate surface area is 138 Å². The Morgan fingerprint density at radius 2 is 2.21 bits per heavy atom. The van der Waals surface area contributed by atoms with Crippen molar-refractivity contribution in [1.29, 1.82) is 0 Å². The summed E-state index contributed by atoms with van der Waals surface area (Å²) < 4.78 is 5.03. The highest BCUT2D eigenvalue weighted by molar-refractivity contribution is 6.04. The highest BCUT2D eigenvalue weighted by Gasteiger charge is 2.25. The van der Waals surface area contributed by atoms with Gasteiger partial charge in [-0.15, -0.1) is 0 Å². The summed E-state index contributed by atoms with van der Waals surface area (Å²) in [5.41, 5.74) is 2.25. The molecule has 1 aliphatic rings. The molecule has 0 unspecified atom stereocenters. The van der Waals surface area contributed by atoms with Crippen LogP contribution in [-0.2, 0) is 17.7 Å². The lowest BCUT2D eigenvalue weighted by Gasteiger charge is -2.28. The Hall–Kier alpha value is -3.03. The van der Waals surface area contributed by atoms with Crippen LogP contribution in [0.15, 0.2) is 31.0 Å². The normalized spacial score (nSPS) is 13.1. The minimum atomic E-state index is -0.348. The fourth-order valence-electron chi connectivity index (χ4n) is 2.61. The number of pyridine rings is 1.